The number of thioether (sulfide) groups is 1. The Morgan fingerprint density at radius 3 is 3.05 bits per heavy atom. The Kier molecular flexibility index (Phi) is 4.34. The van der Waals surface area contributed by atoms with E-state index < -0.39 is 0 Å². The SMILES string of the molecule is O=C(CSc1ccccc1)Nc1nc2c(s1)CNCC2. The van der Waals surface area contributed by atoms with Crippen LogP contribution in [0.15, 0.2) is 35.2 Å². The highest BCUT2D eigenvalue weighted by Crippen LogP contribution is 2.25. The van der Waals surface area contributed by atoms with Crippen LogP contribution in [0.25, 0.3) is 0 Å². The summed E-state index contributed by atoms with van der Waals surface area (Å²) in [6, 6.07) is 9.93. The number of anilines is 1. The van der Waals surface area contributed by atoms with Crippen molar-refractivity contribution in [2.24, 2.45) is 0 Å². The van der Waals surface area contributed by atoms with E-state index in [1.54, 1.807) is 11.3 Å². The number of nitrogens with zero attached hydrogens (tertiary/aromatic N) is 1. The molecule has 0 bridgehead atoms. The number of fused-ring (bicyclic) bond motifs is 1. The van der Waals surface area contributed by atoms with Gasteiger partial charge in [0.2, 0.25) is 5.91 Å². The van der Waals surface area contributed by atoms with E-state index in [2.05, 4.69) is 15.6 Å². The largest absolute Gasteiger partial charge is 0.311 e. The van der Waals surface area contributed by atoms with Gasteiger partial charge in [0.15, 0.2) is 5.13 Å². The Labute approximate surface area is 126 Å². The van der Waals surface area contributed by atoms with Gasteiger partial charge in [0.1, 0.15) is 0 Å². The molecule has 0 saturated carbocycles. The van der Waals surface area contributed by atoms with E-state index in [4.69, 9.17) is 0 Å². The standard InChI is InChI=1S/C14H15N3OS2/c18-13(9-19-10-4-2-1-3-5-10)17-14-16-11-6-7-15-8-12(11)20-14/h1-5,15H,6-9H2,(H,16,17,18). The summed E-state index contributed by atoms with van der Waals surface area (Å²) in [5, 5.41) is 6.92. The Morgan fingerprint density at radius 1 is 1.40 bits per heavy atom. The first kappa shape index (κ1) is 13.6. The molecule has 1 amide bonds. The maximum absolute atomic E-state index is 11.9. The van der Waals surface area contributed by atoms with E-state index in [1.807, 2.05) is 30.3 Å². The maximum Gasteiger partial charge on any atom is 0.236 e. The molecule has 2 N–H and O–H groups in total. The molecule has 1 aromatic carbocycles. The summed E-state index contributed by atoms with van der Waals surface area (Å²) in [4.78, 5) is 18.7. The van der Waals surface area contributed by atoms with Crippen molar-refractivity contribution in [3.05, 3.63) is 40.9 Å². The van der Waals surface area contributed by atoms with Crippen molar-refractivity contribution >= 4 is 34.1 Å². The summed E-state index contributed by atoms with van der Waals surface area (Å²) in [6.07, 6.45) is 0.945. The lowest BCUT2D eigenvalue weighted by atomic mass is 10.2. The van der Waals surface area contributed by atoms with Crippen molar-refractivity contribution < 1.29 is 4.79 Å². The van der Waals surface area contributed by atoms with Gasteiger partial charge >= 0.3 is 0 Å². The van der Waals surface area contributed by atoms with E-state index in [0.29, 0.717) is 5.75 Å². The van der Waals surface area contributed by atoms with Gasteiger partial charge in [-0.2, -0.15) is 0 Å². The van der Waals surface area contributed by atoms with E-state index in [1.165, 1.54) is 16.6 Å². The number of aromatic nitrogens is 1. The fraction of sp³-hybridized carbons (Fsp3) is 0.286. The number of hydrogen-bond donors (Lipinski definition) is 2. The first-order chi connectivity index (χ1) is 9.81. The summed E-state index contributed by atoms with van der Waals surface area (Å²) >= 11 is 3.11. The zero-order valence-corrected chi connectivity index (χ0v) is 12.5. The van der Waals surface area contributed by atoms with Crippen molar-refractivity contribution in [1.29, 1.82) is 0 Å². The van der Waals surface area contributed by atoms with E-state index >= 15 is 0 Å². The quantitative estimate of drug-likeness (QED) is 0.852. The normalized spacial score (nSPS) is 13.8. The molecule has 0 spiro atoms. The van der Waals surface area contributed by atoms with Crippen molar-refractivity contribution in [1.82, 2.24) is 10.3 Å². The zero-order chi connectivity index (χ0) is 13.8. The summed E-state index contributed by atoms with van der Waals surface area (Å²) in [5.41, 5.74) is 1.12. The second-order valence-electron chi connectivity index (χ2n) is 4.47. The molecule has 0 unspecified atom stereocenters. The third-order valence-electron chi connectivity index (χ3n) is 2.96. The molecule has 4 nitrogen and oxygen atoms in total. The highest BCUT2D eigenvalue weighted by atomic mass is 32.2. The molecule has 0 fully saturated rings. The monoisotopic (exact) mass is 305 g/mol. The van der Waals surface area contributed by atoms with Gasteiger partial charge in [-0.15, -0.1) is 23.1 Å². The van der Waals surface area contributed by atoms with Gasteiger partial charge in [0.05, 0.1) is 11.4 Å². The van der Waals surface area contributed by atoms with E-state index in [0.717, 1.165) is 35.2 Å². The van der Waals surface area contributed by atoms with Crippen LogP contribution in [0.1, 0.15) is 10.6 Å². The average molecular weight is 305 g/mol. The van der Waals surface area contributed by atoms with Crippen LogP contribution in [-0.4, -0.2) is 23.2 Å². The molecule has 0 radical (unpaired) electrons. The Morgan fingerprint density at radius 2 is 2.25 bits per heavy atom. The first-order valence-corrected chi connectivity index (χ1v) is 8.28. The van der Waals surface area contributed by atoms with Gasteiger partial charge in [-0.1, -0.05) is 18.2 Å². The smallest absolute Gasteiger partial charge is 0.236 e. The Bertz CT molecular complexity index is 574. The number of nitrogens with one attached hydrogen (secondary N) is 2. The minimum atomic E-state index is -0.00194. The van der Waals surface area contributed by atoms with Gasteiger partial charge in [-0.25, -0.2) is 4.98 Å². The maximum atomic E-state index is 11.9. The zero-order valence-electron chi connectivity index (χ0n) is 10.9. The summed E-state index contributed by atoms with van der Waals surface area (Å²) in [5.74, 6) is 0.407. The summed E-state index contributed by atoms with van der Waals surface area (Å²) in [7, 11) is 0. The highest BCUT2D eigenvalue weighted by Gasteiger charge is 2.15. The second-order valence-corrected chi connectivity index (χ2v) is 6.60. The number of hydrogen-bond acceptors (Lipinski definition) is 5. The number of benzene rings is 1. The number of rotatable bonds is 4. The molecule has 0 atom stereocenters. The first-order valence-electron chi connectivity index (χ1n) is 6.48. The van der Waals surface area contributed by atoms with Gasteiger partial charge in [0.25, 0.3) is 0 Å². The van der Waals surface area contributed by atoms with Crippen LogP contribution in [0.2, 0.25) is 0 Å². The Balaban J connectivity index is 1.55. The van der Waals surface area contributed by atoms with Crippen LogP contribution in [-0.2, 0) is 17.8 Å². The van der Waals surface area contributed by atoms with E-state index in [-0.39, 0.29) is 5.91 Å². The molecule has 6 heteroatoms. The van der Waals surface area contributed by atoms with Crippen molar-refractivity contribution in [3.8, 4) is 0 Å². The lowest BCUT2D eigenvalue weighted by Gasteiger charge is -2.09. The lowest BCUT2D eigenvalue weighted by Crippen LogP contribution is -2.22. The molecule has 0 saturated heterocycles. The number of thiazole rings is 1. The summed E-state index contributed by atoms with van der Waals surface area (Å²) < 4.78 is 0. The average Bonchev–Trinajstić information content (AvgIpc) is 2.88. The molecule has 20 heavy (non-hydrogen) atoms. The van der Waals surface area contributed by atoms with Crippen molar-refractivity contribution in [2.75, 3.05) is 17.6 Å². The topological polar surface area (TPSA) is 54.0 Å². The minimum Gasteiger partial charge on any atom is -0.311 e. The number of amides is 1. The van der Waals surface area contributed by atoms with E-state index in [9.17, 15) is 4.79 Å². The van der Waals surface area contributed by atoms with Crippen LogP contribution in [0.5, 0.6) is 0 Å². The molecule has 2 aromatic rings. The predicted molar refractivity (Wildman–Crippen MR) is 83.3 cm³/mol. The van der Waals surface area contributed by atoms with Gasteiger partial charge in [-0.3, -0.25) is 4.79 Å². The molecule has 3 rings (SSSR count). The molecule has 1 aliphatic heterocycles. The van der Waals surface area contributed by atoms with Crippen LogP contribution in [0.3, 0.4) is 0 Å². The highest BCUT2D eigenvalue weighted by molar-refractivity contribution is 8.00. The predicted octanol–water partition coefficient (Wildman–Crippen LogP) is 2.52. The lowest BCUT2D eigenvalue weighted by molar-refractivity contribution is -0.113. The van der Waals surface area contributed by atoms with Crippen LogP contribution in [0.4, 0.5) is 5.13 Å². The molecule has 104 valence electrons. The van der Waals surface area contributed by atoms with Gasteiger partial charge < -0.3 is 10.6 Å². The van der Waals surface area contributed by atoms with Crippen molar-refractivity contribution in [3.63, 3.8) is 0 Å². The number of carbonyl (C=O) groups excluding carboxylic acids is 1. The minimum absolute atomic E-state index is 0.00194. The molecule has 1 aromatic heterocycles. The fourth-order valence-corrected chi connectivity index (χ4v) is 3.71. The molecule has 2 heterocycles. The second kappa shape index (κ2) is 6.39. The van der Waals surface area contributed by atoms with Crippen LogP contribution in [0, 0.1) is 0 Å². The number of carbonyl (C=O) groups is 1. The summed E-state index contributed by atoms with van der Waals surface area (Å²) in [6.45, 7) is 1.83. The fourth-order valence-electron chi connectivity index (χ4n) is 2.00. The van der Waals surface area contributed by atoms with Gasteiger partial charge in [0, 0.05) is 29.3 Å². The van der Waals surface area contributed by atoms with Crippen LogP contribution < -0.4 is 10.6 Å². The molecule has 0 aliphatic carbocycles. The molecular formula is C14H15N3OS2. The van der Waals surface area contributed by atoms with Gasteiger partial charge in [-0.05, 0) is 12.1 Å². The van der Waals surface area contributed by atoms with Crippen molar-refractivity contribution in [2.45, 2.75) is 17.9 Å². The third-order valence-corrected chi connectivity index (χ3v) is 4.99. The molecular weight excluding hydrogens is 290 g/mol. The Hall–Kier alpha value is -1.37. The van der Waals surface area contributed by atoms with Crippen LogP contribution >= 0.6 is 23.1 Å². The third kappa shape index (κ3) is 3.39. The molecule has 1 aliphatic rings.